The first-order valence-corrected chi connectivity index (χ1v) is 7.17. The molecule has 0 aliphatic heterocycles. The lowest BCUT2D eigenvalue weighted by atomic mass is 9.90. The largest absolute Gasteiger partial charge is 0.494 e. The van der Waals surface area contributed by atoms with E-state index in [1.165, 1.54) is 20.0 Å². The minimum atomic E-state index is -0.872. The molecule has 1 aromatic rings. The van der Waals surface area contributed by atoms with Gasteiger partial charge >= 0.3 is 5.97 Å². The van der Waals surface area contributed by atoms with Gasteiger partial charge in [0.05, 0.1) is 13.7 Å². The first-order valence-electron chi connectivity index (χ1n) is 7.17. The van der Waals surface area contributed by atoms with E-state index in [0.717, 1.165) is 17.9 Å². The summed E-state index contributed by atoms with van der Waals surface area (Å²) in [5.74, 6) is 1.12. The van der Waals surface area contributed by atoms with E-state index in [9.17, 15) is 4.79 Å². The van der Waals surface area contributed by atoms with Gasteiger partial charge < -0.3 is 9.47 Å². The number of para-hydroxylation sites is 1. The number of carbonyl (C=O) groups is 1. The molecule has 2 rings (SSSR count). The van der Waals surface area contributed by atoms with Crippen LogP contribution in [0.2, 0.25) is 0 Å². The Morgan fingerprint density at radius 3 is 2.70 bits per heavy atom. The zero-order valence-electron chi connectivity index (χ0n) is 12.4. The van der Waals surface area contributed by atoms with E-state index in [0.29, 0.717) is 12.5 Å². The number of esters is 1. The molecule has 110 valence electrons. The van der Waals surface area contributed by atoms with Crippen LogP contribution < -0.4 is 10.1 Å². The van der Waals surface area contributed by atoms with Gasteiger partial charge in [0.1, 0.15) is 11.3 Å². The van der Waals surface area contributed by atoms with Crippen molar-refractivity contribution < 1.29 is 14.3 Å². The van der Waals surface area contributed by atoms with Gasteiger partial charge in [0, 0.05) is 5.56 Å². The molecule has 1 saturated carbocycles. The van der Waals surface area contributed by atoms with Crippen molar-refractivity contribution in [3.8, 4) is 5.75 Å². The fourth-order valence-electron chi connectivity index (χ4n) is 2.31. The van der Waals surface area contributed by atoms with E-state index in [-0.39, 0.29) is 5.97 Å². The van der Waals surface area contributed by atoms with E-state index in [1.807, 2.05) is 38.1 Å². The molecule has 1 atom stereocenters. The molecule has 20 heavy (non-hydrogen) atoms. The van der Waals surface area contributed by atoms with Crippen molar-refractivity contribution in [3.05, 3.63) is 29.8 Å². The van der Waals surface area contributed by atoms with Crippen LogP contribution in [0.4, 0.5) is 0 Å². The van der Waals surface area contributed by atoms with Crippen LogP contribution in [0.5, 0.6) is 5.75 Å². The van der Waals surface area contributed by atoms with Crippen LogP contribution in [-0.4, -0.2) is 26.2 Å². The topological polar surface area (TPSA) is 47.6 Å². The maximum Gasteiger partial charge on any atom is 0.330 e. The molecule has 0 heterocycles. The number of hydrogen-bond acceptors (Lipinski definition) is 4. The van der Waals surface area contributed by atoms with Gasteiger partial charge in [-0.3, -0.25) is 5.32 Å². The van der Waals surface area contributed by atoms with Crippen LogP contribution in [0.1, 0.15) is 32.3 Å². The summed E-state index contributed by atoms with van der Waals surface area (Å²) in [4.78, 5) is 12.3. The molecule has 0 amide bonds. The molecule has 1 unspecified atom stereocenters. The Labute approximate surface area is 120 Å². The lowest BCUT2D eigenvalue weighted by Crippen LogP contribution is -2.48. The fourth-order valence-corrected chi connectivity index (χ4v) is 2.31. The Kier molecular flexibility index (Phi) is 4.65. The highest BCUT2D eigenvalue weighted by molar-refractivity contribution is 5.83. The molecule has 0 spiro atoms. The zero-order valence-corrected chi connectivity index (χ0v) is 12.4. The summed E-state index contributed by atoms with van der Waals surface area (Å²) < 4.78 is 10.7. The molecule has 1 aliphatic rings. The number of ether oxygens (including phenoxy) is 2. The Balaban J connectivity index is 2.31. The maximum atomic E-state index is 12.3. The van der Waals surface area contributed by atoms with Crippen molar-refractivity contribution >= 4 is 5.97 Å². The summed E-state index contributed by atoms with van der Waals surface area (Å²) in [6.07, 6.45) is 2.47. The summed E-state index contributed by atoms with van der Waals surface area (Å²) >= 11 is 0. The van der Waals surface area contributed by atoms with Crippen molar-refractivity contribution in [2.45, 2.75) is 32.2 Å². The van der Waals surface area contributed by atoms with Gasteiger partial charge in [-0.2, -0.15) is 0 Å². The van der Waals surface area contributed by atoms with E-state index in [2.05, 4.69) is 5.32 Å². The van der Waals surface area contributed by atoms with Gasteiger partial charge in [-0.15, -0.1) is 0 Å². The number of carbonyl (C=O) groups excluding carboxylic acids is 1. The number of benzene rings is 1. The van der Waals surface area contributed by atoms with Crippen LogP contribution in [0.3, 0.4) is 0 Å². The molecule has 1 aliphatic carbocycles. The second-order valence-corrected chi connectivity index (χ2v) is 5.37. The van der Waals surface area contributed by atoms with Crippen molar-refractivity contribution in [1.29, 1.82) is 0 Å². The fraction of sp³-hybridized carbons (Fsp3) is 0.562. The average molecular weight is 277 g/mol. The van der Waals surface area contributed by atoms with Crippen LogP contribution >= 0.6 is 0 Å². The number of rotatable bonds is 7. The van der Waals surface area contributed by atoms with E-state index < -0.39 is 5.54 Å². The molecule has 4 nitrogen and oxygen atoms in total. The minimum Gasteiger partial charge on any atom is -0.494 e. The van der Waals surface area contributed by atoms with Crippen LogP contribution in [0.25, 0.3) is 0 Å². The third kappa shape index (κ3) is 3.12. The van der Waals surface area contributed by atoms with Gasteiger partial charge in [0.25, 0.3) is 0 Å². The van der Waals surface area contributed by atoms with E-state index >= 15 is 0 Å². The molecule has 1 N–H and O–H groups in total. The lowest BCUT2D eigenvalue weighted by Gasteiger charge is -2.30. The molecule has 4 heteroatoms. The number of nitrogens with one attached hydrogen (secondary N) is 1. The van der Waals surface area contributed by atoms with Gasteiger partial charge in [-0.05, 0) is 45.2 Å². The standard InChI is InChI=1S/C16H23NO3/c1-4-20-14-8-6-5-7-13(14)16(2,15(18)19-3)17-11-12-9-10-12/h5-8,12,17H,4,9-11H2,1-3H3. The number of methoxy groups -OCH3 is 1. The van der Waals surface area contributed by atoms with Gasteiger partial charge in [0.15, 0.2) is 0 Å². The molecule has 0 radical (unpaired) electrons. The van der Waals surface area contributed by atoms with Crippen LogP contribution in [0.15, 0.2) is 24.3 Å². The second kappa shape index (κ2) is 6.27. The van der Waals surface area contributed by atoms with Gasteiger partial charge in [0.2, 0.25) is 0 Å². The second-order valence-electron chi connectivity index (χ2n) is 5.37. The Hall–Kier alpha value is -1.55. The summed E-state index contributed by atoms with van der Waals surface area (Å²) in [6, 6.07) is 7.63. The van der Waals surface area contributed by atoms with Crippen LogP contribution in [0, 0.1) is 5.92 Å². The predicted molar refractivity (Wildman–Crippen MR) is 77.7 cm³/mol. The Morgan fingerprint density at radius 2 is 2.10 bits per heavy atom. The maximum absolute atomic E-state index is 12.3. The highest BCUT2D eigenvalue weighted by Gasteiger charge is 2.39. The smallest absolute Gasteiger partial charge is 0.330 e. The number of hydrogen-bond donors (Lipinski definition) is 1. The summed E-state index contributed by atoms with van der Waals surface area (Å²) in [5.41, 5.74) is -0.0438. The monoisotopic (exact) mass is 277 g/mol. The van der Waals surface area contributed by atoms with Crippen molar-refractivity contribution in [3.63, 3.8) is 0 Å². The van der Waals surface area contributed by atoms with E-state index in [4.69, 9.17) is 9.47 Å². The highest BCUT2D eigenvalue weighted by atomic mass is 16.5. The molecule has 0 saturated heterocycles. The quantitative estimate of drug-likeness (QED) is 0.778. The lowest BCUT2D eigenvalue weighted by molar-refractivity contribution is -0.148. The molecule has 1 fully saturated rings. The van der Waals surface area contributed by atoms with Crippen molar-refractivity contribution in [2.75, 3.05) is 20.3 Å². The Bertz CT molecular complexity index is 471. The summed E-state index contributed by atoms with van der Waals surface area (Å²) in [6.45, 7) is 5.19. The highest BCUT2D eigenvalue weighted by Crippen LogP contribution is 2.34. The third-order valence-electron chi connectivity index (χ3n) is 3.76. The first-order chi connectivity index (χ1) is 9.61. The van der Waals surface area contributed by atoms with Crippen LogP contribution in [-0.2, 0) is 15.1 Å². The predicted octanol–water partition coefficient (Wildman–Crippen LogP) is 2.47. The molecular formula is C16H23NO3. The normalized spacial score (nSPS) is 17.4. The van der Waals surface area contributed by atoms with Gasteiger partial charge in [-0.25, -0.2) is 4.79 Å². The first kappa shape index (κ1) is 14.9. The minimum absolute atomic E-state index is 0.287. The molecule has 0 aromatic heterocycles. The van der Waals surface area contributed by atoms with Crippen molar-refractivity contribution in [2.24, 2.45) is 5.92 Å². The molecular weight excluding hydrogens is 254 g/mol. The zero-order chi connectivity index (χ0) is 14.6. The van der Waals surface area contributed by atoms with E-state index in [1.54, 1.807) is 0 Å². The van der Waals surface area contributed by atoms with Gasteiger partial charge in [-0.1, -0.05) is 18.2 Å². The van der Waals surface area contributed by atoms with Crippen molar-refractivity contribution in [1.82, 2.24) is 5.32 Å². The molecule has 0 bridgehead atoms. The molecule has 1 aromatic carbocycles. The average Bonchev–Trinajstić information content (AvgIpc) is 3.29. The Morgan fingerprint density at radius 1 is 1.40 bits per heavy atom. The summed E-state index contributed by atoms with van der Waals surface area (Å²) in [7, 11) is 1.42. The summed E-state index contributed by atoms with van der Waals surface area (Å²) in [5, 5.41) is 3.37. The third-order valence-corrected chi connectivity index (χ3v) is 3.76. The SMILES string of the molecule is CCOc1ccccc1C(C)(NCC1CC1)C(=O)OC.